The van der Waals surface area contributed by atoms with Gasteiger partial charge < -0.3 is 15.0 Å². The number of halogens is 2. The average molecular weight is 651 g/mol. The maximum atomic E-state index is 14.1. The summed E-state index contributed by atoms with van der Waals surface area (Å²) in [5, 5.41) is 3.13. The fourth-order valence-corrected chi connectivity index (χ4v) is 5.73. The maximum absolute atomic E-state index is 14.1. The highest BCUT2D eigenvalue weighted by Gasteiger charge is 2.33. The van der Waals surface area contributed by atoms with Crippen LogP contribution in [0.2, 0.25) is 5.02 Å². The van der Waals surface area contributed by atoms with E-state index in [1.165, 1.54) is 30.2 Å². The zero-order chi connectivity index (χ0) is 29.4. The summed E-state index contributed by atoms with van der Waals surface area (Å²) in [5.41, 5.74) is 1.84. The highest BCUT2D eigenvalue weighted by atomic mass is 79.9. The number of benzene rings is 3. The second-order valence-corrected chi connectivity index (χ2v) is 12.8. The van der Waals surface area contributed by atoms with Crippen LogP contribution in [0.25, 0.3) is 0 Å². The Hall–Kier alpha value is -3.08. The van der Waals surface area contributed by atoms with Gasteiger partial charge in [0.2, 0.25) is 21.8 Å². The Balaban J connectivity index is 2.07. The first-order valence-corrected chi connectivity index (χ1v) is 15.6. The molecule has 0 radical (unpaired) electrons. The number of hydrogen-bond donors (Lipinski definition) is 1. The Morgan fingerprint density at radius 2 is 1.68 bits per heavy atom. The molecule has 40 heavy (non-hydrogen) atoms. The van der Waals surface area contributed by atoms with Crippen LogP contribution in [0.15, 0.2) is 77.3 Å². The first-order valence-electron chi connectivity index (χ1n) is 12.6. The summed E-state index contributed by atoms with van der Waals surface area (Å²) in [6.45, 7) is 3.24. The fraction of sp³-hybridized carbons (Fsp3) is 0.310. The lowest BCUT2D eigenvalue weighted by molar-refractivity contribution is -0.140. The molecule has 0 spiro atoms. The van der Waals surface area contributed by atoms with Gasteiger partial charge in [-0.3, -0.25) is 13.9 Å². The zero-order valence-electron chi connectivity index (χ0n) is 22.8. The summed E-state index contributed by atoms with van der Waals surface area (Å²) >= 11 is 9.74. The van der Waals surface area contributed by atoms with Gasteiger partial charge in [-0.15, -0.1) is 0 Å². The van der Waals surface area contributed by atoms with Crippen molar-refractivity contribution in [3.63, 3.8) is 0 Å². The van der Waals surface area contributed by atoms with Crippen molar-refractivity contribution in [3.8, 4) is 5.75 Å². The number of ether oxygens (including phenoxy) is 1. The van der Waals surface area contributed by atoms with E-state index in [-0.39, 0.29) is 35.6 Å². The number of amides is 2. The van der Waals surface area contributed by atoms with Crippen molar-refractivity contribution in [1.82, 2.24) is 10.2 Å². The Kier molecular flexibility index (Phi) is 11.0. The molecule has 3 aromatic rings. The summed E-state index contributed by atoms with van der Waals surface area (Å²) in [5.74, 6) is -0.507. The van der Waals surface area contributed by atoms with Crippen LogP contribution >= 0.6 is 27.5 Å². The van der Waals surface area contributed by atoms with Crippen molar-refractivity contribution < 1.29 is 22.7 Å². The molecule has 8 nitrogen and oxygen atoms in total. The summed E-state index contributed by atoms with van der Waals surface area (Å²) < 4.78 is 32.8. The minimum Gasteiger partial charge on any atom is -0.495 e. The first-order chi connectivity index (χ1) is 18.9. The Labute approximate surface area is 249 Å². The Morgan fingerprint density at radius 3 is 2.25 bits per heavy atom. The van der Waals surface area contributed by atoms with E-state index < -0.39 is 28.5 Å². The number of rotatable bonds is 12. The second kappa shape index (κ2) is 14.0. The number of hydrogen-bond acceptors (Lipinski definition) is 5. The van der Waals surface area contributed by atoms with Gasteiger partial charge in [0.15, 0.2) is 0 Å². The van der Waals surface area contributed by atoms with E-state index in [1.807, 2.05) is 68.4 Å². The SMILES string of the molecule is COc1ccc(N(CC(=O)N(Cc2cccc(Br)c2)[C@H](Cc2ccccc2)C(=O)NC(C)C)S(C)(=O)=O)cc1Cl. The van der Waals surface area contributed by atoms with E-state index in [1.54, 1.807) is 0 Å². The third-order valence-electron chi connectivity index (χ3n) is 6.05. The molecule has 214 valence electrons. The molecule has 0 aliphatic rings. The van der Waals surface area contributed by atoms with Crippen LogP contribution in [0.3, 0.4) is 0 Å². The number of methoxy groups -OCH3 is 1. The molecule has 0 aliphatic carbocycles. The summed E-state index contributed by atoms with van der Waals surface area (Å²) in [4.78, 5) is 29.1. The number of nitrogens with zero attached hydrogens (tertiary/aromatic N) is 2. The van der Waals surface area contributed by atoms with Crippen molar-refractivity contribution >= 4 is 55.1 Å². The van der Waals surface area contributed by atoms with E-state index in [0.29, 0.717) is 5.75 Å². The molecule has 1 atom stereocenters. The van der Waals surface area contributed by atoms with Crippen LogP contribution < -0.4 is 14.4 Å². The van der Waals surface area contributed by atoms with Crippen LogP contribution in [0.5, 0.6) is 5.75 Å². The summed E-state index contributed by atoms with van der Waals surface area (Å²) in [6.07, 6.45) is 1.26. The molecule has 1 N–H and O–H groups in total. The lowest BCUT2D eigenvalue weighted by Gasteiger charge is -2.34. The van der Waals surface area contributed by atoms with Crippen molar-refractivity contribution in [2.75, 3.05) is 24.2 Å². The molecule has 2 amide bonds. The Bertz CT molecular complexity index is 1440. The van der Waals surface area contributed by atoms with Gasteiger partial charge in [-0.2, -0.15) is 0 Å². The minimum atomic E-state index is -3.91. The smallest absolute Gasteiger partial charge is 0.244 e. The van der Waals surface area contributed by atoms with Crippen molar-refractivity contribution in [1.29, 1.82) is 0 Å². The number of carbonyl (C=O) groups is 2. The molecular formula is C29H33BrClN3O5S. The monoisotopic (exact) mass is 649 g/mol. The standard InChI is InChI=1S/C29H33BrClN3O5S/c1-20(2)32-29(36)26(16-21-9-6-5-7-10-21)33(18-22-11-8-12-23(30)15-22)28(35)19-34(40(4,37)38)24-13-14-27(39-3)25(31)17-24/h5-15,17,20,26H,16,18-19H2,1-4H3,(H,32,36)/t26-/m1/s1. The van der Waals surface area contributed by atoms with Crippen LogP contribution in [0, 0.1) is 0 Å². The lowest BCUT2D eigenvalue weighted by Crippen LogP contribution is -2.54. The molecule has 3 rings (SSSR count). The van der Waals surface area contributed by atoms with Gasteiger partial charge in [0, 0.05) is 23.5 Å². The van der Waals surface area contributed by atoms with E-state index in [0.717, 1.165) is 26.2 Å². The second-order valence-electron chi connectivity index (χ2n) is 9.61. The topological polar surface area (TPSA) is 96.0 Å². The van der Waals surface area contributed by atoms with E-state index in [2.05, 4.69) is 21.2 Å². The van der Waals surface area contributed by atoms with Gasteiger partial charge in [-0.1, -0.05) is 70.0 Å². The van der Waals surface area contributed by atoms with Crippen molar-refractivity contribution in [2.45, 2.75) is 38.9 Å². The van der Waals surface area contributed by atoms with Gasteiger partial charge in [0.1, 0.15) is 18.3 Å². The van der Waals surface area contributed by atoms with E-state index in [9.17, 15) is 18.0 Å². The number of carbonyl (C=O) groups excluding carboxylic acids is 2. The normalized spacial score (nSPS) is 12.1. The summed E-state index contributed by atoms with van der Waals surface area (Å²) in [7, 11) is -2.46. The zero-order valence-corrected chi connectivity index (χ0v) is 26.0. The quantitative estimate of drug-likeness (QED) is 0.296. The van der Waals surface area contributed by atoms with Gasteiger partial charge in [0.05, 0.1) is 24.1 Å². The molecule has 0 unspecified atom stereocenters. The van der Waals surface area contributed by atoms with Crippen LogP contribution in [-0.2, 0) is 32.6 Å². The largest absolute Gasteiger partial charge is 0.495 e. The molecule has 0 bridgehead atoms. The van der Waals surface area contributed by atoms with Crippen LogP contribution in [0.1, 0.15) is 25.0 Å². The van der Waals surface area contributed by atoms with E-state index >= 15 is 0 Å². The third-order valence-corrected chi connectivity index (χ3v) is 7.98. The average Bonchev–Trinajstić information content (AvgIpc) is 2.88. The number of sulfonamides is 1. The third kappa shape index (κ3) is 8.71. The van der Waals surface area contributed by atoms with Crippen LogP contribution in [-0.4, -0.2) is 57.1 Å². The molecule has 0 saturated carbocycles. The molecule has 0 fully saturated rings. The molecule has 0 aliphatic heterocycles. The first kappa shape index (κ1) is 31.4. The molecule has 3 aromatic carbocycles. The molecular weight excluding hydrogens is 618 g/mol. The predicted molar refractivity (Wildman–Crippen MR) is 162 cm³/mol. The van der Waals surface area contributed by atoms with Gasteiger partial charge >= 0.3 is 0 Å². The van der Waals surface area contributed by atoms with E-state index in [4.69, 9.17) is 16.3 Å². The molecule has 0 aromatic heterocycles. The number of nitrogens with one attached hydrogen (secondary N) is 1. The Morgan fingerprint density at radius 1 is 1.00 bits per heavy atom. The molecule has 0 saturated heterocycles. The minimum absolute atomic E-state index is 0.0856. The molecule has 11 heteroatoms. The highest BCUT2D eigenvalue weighted by molar-refractivity contribution is 9.10. The van der Waals surface area contributed by atoms with Gasteiger partial charge in [0.25, 0.3) is 0 Å². The number of anilines is 1. The summed E-state index contributed by atoms with van der Waals surface area (Å²) in [6, 6.07) is 20.2. The highest BCUT2D eigenvalue weighted by Crippen LogP contribution is 2.30. The molecule has 0 heterocycles. The van der Waals surface area contributed by atoms with Gasteiger partial charge in [-0.25, -0.2) is 8.42 Å². The van der Waals surface area contributed by atoms with Gasteiger partial charge in [-0.05, 0) is 55.3 Å². The predicted octanol–water partition coefficient (Wildman–Crippen LogP) is 5.04. The maximum Gasteiger partial charge on any atom is 0.244 e. The lowest BCUT2D eigenvalue weighted by atomic mass is 10.0. The van der Waals surface area contributed by atoms with Crippen LogP contribution in [0.4, 0.5) is 5.69 Å². The fourth-order valence-electron chi connectivity index (χ4n) is 4.19. The van der Waals surface area contributed by atoms with Crippen molar-refractivity contribution in [2.24, 2.45) is 0 Å². The van der Waals surface area contributed by atoms with Crippen molar-refractivity contribution in [3.05, 3.63) is 93.4 Å².